The summed E-state index contributed by atoms with van der Waals surface area (Å²) >= 11 is 2.21. The lowest BCUT2D eigenvalue weighted by atomic mass is 10.1. The van der Waals surface area contributed by atoms with E-state index >= 15 is 0 Å². The molecule has 1 saturated carbocycles. The van der Waals surface area contributed by atoms with Gasteiger partial charge in [0.1, 0.15) is 0 Å². The van der Waals surface area contributed by atoms with Crippen LogP contribution >= 0.6 is 22.6 Å². The van der Waals surface area contributed by atoms with Gasteiger partial charge < -0.3 is 15.7 Å². The number of amides is 2. The Balaban J connectivity index is 1.87. The van der Waals surface area contributed by atoms with Gasteiger partial charge in [0.15, 0.2) is 0 Å². The summed E-state index contributed by atoms with van der Waals surface area (Å²) in [4.78, 5) is 11.8. The molecule has 1 aliphatic rings. The van der Waals surface area contributed by atoms with E-state index in [1.54, 1.807) is 0 Å². The second kappa shape index (κ2) is 6.38. The predicted octanol–water partition coefficient (Wildman–Crippen LogP) is 2.57. The van der Waals surface area contributed by atoms with E-state index in [0.29, 0.717) is 12.3 Å². The first kappa shape index (κ1) is 13.6. The van der Waals surface area contributed by atoms with E-state index in [9.17, 15) is 4.79 Å². The van der Waals surface area contributed by atoms with Gasteiger partial charge in [-0.25, -0.2) is 4.79 Å². The lowest BCUT2D eigenvalue weighted by Crippen LogP contribution is -2.39. The monoisotopic (exact) mass is 360 g/mol. The molecule has 0 bridgehead atoms. The number of aliphatic hydroxyl groups is 1. The first-order valence-electron chi connectivity index (χ1n) is 6.13. The minimum Gasteiger partial charge on any atom is -0.396 e. The summed E-state index contributed by atoms with van der Waals surface area (Å²) in [5.74, 6) is 0.541. The zero-order valence-corrected chi connectivity index (χ0v) is 12.2. The Labute approximate surface area is 120 Å². The van der Waals surface area contributed by atoms with Crippen molar-refractivity contribution < 1.29 is 9.90 Å². The molecule has 3 N–H and O–H groups in total. The van der Waals surface area contributed by atoms with Crippen molar-refractivity contribution in [3.63, 3.8) is 0 Å². The number of hydrogen-bond acceptors (Lipinski definition) is 2. The van der Waals surface area contributed by atoms with E-state index in [-0.39, 0.29) is 18.7 Å². The minimum atomic E-state index is -0.192. The van der Waals surface area contributed by atoms with Gasteiger partial charge >= 0.3 is 6.03 Å². The molecular formula is C13H17IN2O2. The van der Waals surface area contributed by atoms with Crippen LogP contribution in [0, 0.1) is 9.49 Å². The van der Waals surface area contributed by atoms with Crippen molar-refractivity contribution in [2.24, 2.45) is 5.92 Å². The Bertz CT molecular complexity index is 421. The first-order valence-corrected chi connectivity index (χ1v) is 7.21. The van der Waals surface area contributed by atoms with Crippen LogP contribution in [0.1, 0.15) is 19.3 Å². The second-order valence-electron chi connectivity index (χ2n) is 4.57. The molecule has 0 aromatic heterocycles. The van der Waals surface area contributed by atoms with Gasteiger partial charge in [0.2, 0.25) is 0 Å². The molecule has 2 amide bonds. The summed E-state index contributed by atoms with van der Waals surface area (Å²) in [7, 11) is 0. The van der Waals surface area contributed by atoms with Crippen LogP contribution in [0.2, 0.25) is 0 Å². The molecular weight excluding hydrogens is 343 g/mol. The number of urea groups is 1. The lowest BCUT2D eigenvalue weighted by molar-refractivity contribution is 0.234. The third-order valence-corrected chi connectivity index (χ3v) is 3.70. The van der Waals surface area contributed by atoms with E-state index < -0.39 is 0 Å². The summed E-state index contributed by atoms with van der Waals surface area (Å²) in [5, 5.41) is 14.7. The molecule has 5 heteroatoms. The summed E-state index contributed by atoms with van der Waals surface area (Å²) in [5.41, 5.74) is 0.790. The first-order chi connectivity index (χ1) is 8.69. The number of rotatable bonds is 5. The normalized spacial score (nSPS) is 16.1. The number of aliphatic hydroxyl groups excluding tert-OH is 1. The Morgan fingerprint density at radius 3 is 2.89 bits per heavy atom. The number of benzene rings is 1. The Morgan fingerprint density at radius 1 is 1.50 bits per heavy atom. The Hall–Kier alpha value is -0.820. The molecule has 1 aliphatic carbocycles. The van der Waals surface area contributed by atoms with Crippen molar-refractivity contribution in [2.45, 2.75) is 25.3 Å². The smallest absolute Gasteiger partial charge is 0.319 e. The molecule has 0 heterocycles. The molecule has 1 aromatic rings. The second-order valence-corrected chi connectivity index (χ2v) is 5.81. The zero-order valence-electron chi connectivity index (χ0n) is 10.0. The molecule has 4 nitrogen and oxygen atoms in total. The highest BCUT2D eigenvalue weighted by molar-refractivity contribution is 14.1. The fourth-order valence-corrected chi connectivity index (χ4v) is 2.51. The molecule has 0 spiro atoms. The zero-order chi connectivity index (χ0) is 13.0. The number of hydrogen-bond donors (Lipinski definition) is 3. The molecule has 1 fully saturated rings. The summed E-state index contributed by atoms with van der Waals surface area (Å²) in [6.45, 7) is 0.116. The van der Waals surface area contributed by atoms with Crippen molar-refractivity contribution in [1.82, 2.24) is 5.32 Å². The minimum absolute atomic E-state index is 0.0952. The largest absolute Gasteiger partial charge is 0.396 e. The molecule has 1 aromatic carbocycles. The van der Waals surface area contributed by atoms with Crippen LogP contribution in [0.15, 0.2) is 24.3 Å². The Morgan fingerprint density at radius 2 is 2.28 bits per heavy atom. The van der Waals surface area contributed by atoms with E-state index in [4.69, 9.17) is 5.11 Å². The maximum atomic E-state index is 11.8. The fraction of sp³-hybridized carbons (Fsp3) is 0.462. The van der Waals surface area contributed by atoms with Crippen LogP contribution in [0.5, 0.6) is 0 Å². The highest BCUT2D eigenvalue weighted by Gasteiger charge is 2.31. The fourth-order valence-electron chi connectivity index (χ4n) is 1.97. The van der Waals surface area contributed by atoms with Crippen molar-refractivity contribution >= 4 is 34.3 Å². The van der Waals surface area contributed by atoms with E-state index in [1.165, 1.54) is 0 Å². The number of carbonyl (C=O) groups excluding carboxylic acids is 1. The topological polar surface area (TPSA) is 61.4 Å². The quantitative estimate of drug-likeness (QED) is 0.707. The molecule has 0 saturated heterocycles. The number of carbonyl (C=O) groups is 1. The average Bonchev–Trinajstić information content (AvgIpc) is 3.12. The molecule has 1 unspecified atom stereocenters. The van der Waals surface area contributed by atoms with Crippen molar-refractivity contribution in [3.05, 3.63) is 27.8 Å². The standard InChI is InChI=1S/C13H17IN2O2/c14-10-2-1-3-11(8-10)15-13(18)16-12(6-7-17)9-4-5-9/h1-3,8-9,12,17H,4-7H2,(H2,15,16,18). The number of anilines is 1. The van der Waals surface area contributed by atoms with Gasteiger partial charge in [-0.05, 0) is 66.0 Å². The highest BCUT2D eigenvalue weighted by Crippen LogP contribution is 2.33. The van der Waals surface area contributed by atoms with Crippen molar-refractivity contribution in [2.75, 3.05) is 11.9 Å². The van der Waals surface area contributed by atoms with Gasteiger partial charge in [-0.2, -0.15) is 0 Å². The van der Waals surface area contributed by atoms with Gasteiger partial charge in [0.25, 0.3) is 0 Å². The van der Waals surface area contributed by atoms with Crippen LogP contribution in [-0.4, -0.2) is 23.8 Å². The number of nitrogens with one attached hydrogen (secondary N) is 2. The molecule has 0 radical (unpaired) electrons. The van der Waals surface area contributed by atoms with Gasteiger partial charge in [-0.15, -0.1) is 0 Å². The van der Waals surface area contributed by atoms with Crippen LogP contribution in [0.25, 0.3) is 0 Å². The van der Waals surface area contributed by atoms with Crippen LogP contribution < -0.4 is 10.6 Å². The molecule has 18 heavy (non-hydrogen) atoms. The van der Waals surface area contributed by atoms with Gasteiger partial charge in [-0.3, -0.25) is 0 Å². The van der Waals surface area contributed by atoms with Crippen molar-refractivity contribution in [3.8, 4) is 0 Å². The Kier molecular flexibility index (Phi) is 4.82. The third-order valence-electron chi connectivity index (χ3n) is 3.03. The number of halogens is 1. The molecule has 0 aliphatic heterocycles. The van der Waals surface area contributed by atoms with Crippen LogP contribution in [0.4, 0.5) is 10.5 Å². The lowest BCUT2D eigenvalue weighted by Gasteiger charge is -2.17. The summed E-state index contributed by atoms with van der Waals surface area (Å²) in [6.07, 6.45) is 2.92. The summed E-state index contributed by atoms with van der Waals surface area (Å²) in [6, 6.07) is 7.56. The van der Waals surface area contributed by atoms with Gasteiger partial charge in [-0.1, -0.05) is 6.07 Å². The highest BCUT2D eigenvalue weighted by atomic mass is 127. The van der Waals surface area contributed by atoms with E-state index in [2.05, 4.69) is 33.2 Å². The molecule has 1 atom stereocenters. The van der Waals surface area contributed by atoms with E-state index in [0.717, 1.165) is 22.1 Å². The maximum Gasteiger partial charge on any atom is 0.319 e. The van der Waals surface area contributed by atoms with Gasteiger partial charge in [0, 0.05) is 21.9 Å². The third kappa shape index (κ3) is 4.13. The van der Waals surface area contributed by atoms with Gasteiger partial charge in [0.05, 0.1) is 0 Å². The summed E-state index contributed by atoms with van der Waals surface area (Å²) < 4.78 is 1.08. The van der Waals surface area contributed by atoms with Crippen LogP contribution in [-0.2, 0) is 0 Å². The van der Waals surface area contributed by atoms with Crippen molar-refractivity contribution in [1.29, 1.82) is 0 Å². The average molecular weight is 360 g/mol. The SMILES string of the molecule is O=C(Nc1cccc(I)c1)NC(CCO)C1CC1. The molecule has 2 rings (SSSR count). The predicted molar refractivity (Wildman–Crippen MR) is 79.5 cm³/mol. The maximum absolute atomic E-state index is 11.8. The van der Waals surface area contributed by atoms with Crippen LogP contribution in [0.3, 0.4) is 0 Å². The van der Waals surface area contributed by atoms with E-state index in [1.807, 2.05) is 24.3 Å². The molecule has 98 valence electrons.